The highest BCUT2D eigenvalue weighted by Gasteiger charge is 2.44. The van der Waals surface area contributed by atoms with Crippen LogP contribution in [0, 0.1) is 17.0 Å². The molecule has 1 N–H and O–H groups in total. The number of rotatable bonds is 4. The van der Waals surface area contributed by atoms with Gasteiger partial charge < -0.3 is 5.11 Å². The van der Waals surface area contributed by atoms with Gasteiger partial charge >= 0.3 is 5.97 Å². The van der Waals surface area contributed by atoms with Gasteiger partial charge in [-0.1, -0.05) is 6.92 Å². The zero-order valence-electron chi connectivity index (χ0n) is 11.7. The topological polar surface area (TPSA) is 40.5 Å². The Morgan fingerprint density at radius 1 is 1.40 bits per heavy atom. The van der Waals surface area contributed by atoms with E-state index in [2.05, 4.69) is 0 Å². The van der Waals surface area contributed by atoms with Gasteiger partial charge in [-0.05, 0) is 44.0 Å². The number of hydrogen-bond donors (Lipinski definition) is 1. The average Bonchev–Trinajstić information content (AvgIpc) is 2.82. The summed E-state index contributed by atoms with van der Waals surface area (Å²) in [4.78, 5) is 13.4. The Labute approximate surface area is 117 Å². The largest absolute Gasteiger partial charge is 0.481 e. The first-order valence-electron chi connectivity index (χ1n) is 6.81. The third-order valence-electron chi connectivity index (χ3n) is 4.43. The first-order chi connectivity index (χ1) is 9.38. The van der Waals surface area contributed by atoms with E-state index in [1.165, 1.54) is 12.1 Å². The van der Waals surface area contributed by atoms with E-state index in [4.69, 9.17) is 0 Å². The van der Waals surface area contributed by atoms with Gasteiger partial charge in [-0.15, -0.1) is 0 Å². The van der Waals surface area contributed by atoms with Crippen LogP contribution in [0.4, 0.5) is 8.78 Å². The molecule has 0 radical (unpaired) electrons. The lowest BCUT2D eigenvalue weighted by Crippen LogP contribution is -2.35. The highest BCUT2D eigenvalue weighted by molar-refractivity contribution is 5.75. The molecule has 1 aliphatic heterocycles. The van der Waals surface area contributed by atoms with Crippen molar-refractivity contribution in [1.29, 1.82) is 0 Å². The summed E-state index contributed by atoms with van der Waals surface area (Å²) in [5.41, 5.74) is -0.195. The van der Waals surface area contributed by atoms with Crippen molar-refractivity contribution in [3.05, 3.63) is 35.4 Å². The molecule has 0 bridgehead atoms. The lowest BCUT2D eigenvalue weighted by atomic mass is 9.84. The van der Waals surface area contributed by atoms with E-state index in [1.807, 2.05) is 18.7 Å². The second-order valence-electron chi connectivity index (χ2n) is 5.54. The lowest BCUT2D eigenvalue weighted by molar-refractivity contribution is -0.148. The fourth-order valence-electron chi connectivity index (χ4n) is 2.88. The van der Waals surface area contributed by atoms with Crippen LogP contribution in [0.2, 0.25) is 0 Å². The normalized spacial score (nSPS) is 24.8. The molecule has 0 spiro atoms. The van der Waals surface area contributed by atoms with E-state index < -0.39 is 23.0 Å². The van der Waals surface area contributed by atoms with Gasteiger partial charge in [0.25, 0.3) is 0 Å². The van der Waals surface area contributed by atoms with E-state index in [1.54, 1.807) is 0 Å². The van der Waals surface area contributed by atoms with Crippen LogP contribution in [-0.2, 0) is 4.79 Å². The average molecular weight is 283 g/mol. The van der Waals surface area contributed by atoms with Gasteiger partial charge in [0.2, 0.25) is 0 Å². The highest BCUT2D eigenvalue weighted by atomic mass is 19.1. The van der Waals surface area contributed by atoms with Crippen molar-refractivity contribution in [2.45, 2.75) is 32.7 Å². The van der Waals surface area contributed by atoms with Crippen LogP contribution in [0.15, 0.2) is 18.2 Å². The maximum atomic E-state index is 13.3. The minimum absolute atomic E-state index is 0.201. The molecule has 1 fully saturated rings. The van der Waals surface area contributed by atoms with E-state index in [0.717, 1.165) is 6.07 Å². The molecule has 110 valence electrons. The molecule has 0 amide bonds. The minimum atomic E-state index is -0.792. The summed E-state index contributed by atoms with van der Waals surface area (Å²) in [6.07, 6.45) is 1.13. The molecule has 20 heavy (non-hydrogen) atoms. The summed E-state index contributed by atoms with van der Waals surface area (Å²) in [6.45, 7) is 4.75. The van der Waals surface area contributed by atoms with Gasteiger partial charge in [0, 0.05) is 18.7 Å². The van der Waals surface area contributed by atoms with Crippen LogP contribution < -0.4 is 0 Å². The van der Waals surface area contributed by atoms with Crippen molar-refractivity contribution in [3.63, 3.8) is 0 Å². The molecule has 2 rings (SSSR count). The Kier molecular flexibility index (Phi) is 4.09. The molecule has 1 saturated heterocycles. The highest BCUT2D eigenvalue weighted by Crippen LogP contribution is 2.38. The van der Waals surface area contributed by atoms with Gasteiger partial charge in [0.1, 0.15) is 11.6 Å². The van der Waals surface area contributed by atoms with Gasteiger partial charge in [0.15, 0.2) is 0 Å². The van der Waals surface area contributed by atoms with Gasteiger partial charge in [-0.3, -0.25) is 9.69 Å². The van der Waals surface area contributed by atoms with Crippen LogP contribution in [0.5, 0.6) is 0 Å². The summed E-state index contributed by atoms with van der Waals surface area (Å²) < 4.78 is 26.5. The maximum Gasteiger partial charge on any atom is 0.310 e. The maximum absolute atomic E-state index is 13.3. The summed E-state index contributed by atoms with van der Waals surface area (Å²) in [7, 11) is 0. The number of aliphatic carboxylic acids is 1. The first-order valence-corrected chi connectivity index (χ1v) is 6.81. The Morgan fingerprint density at radius 2 is 2.00 bits per heavy atom. The second-order valence-corrected chi connectivity index (χ2v) is 5.54. The van der Waals surface area contributed by atoms with Gasteiger partial charge in [-0.2, -0.15) is 0 Å². The van der Waals surface area contributed by atoms with Crippen molar-refractivity contribution < 1.29 is 18.7 Å². The fourth-order valence-corrected chi connectivity index (χ4v) is 2.88. The molecule has 2 atom stereocenters. The molecule has 3 nitrogen and oxygen atoms in total. The molecular formula is C15H19F2NO2. The standard InChI is InChI=1S/C15H19F2NO2/c1-3-15(14(19)20)4-5-18(9-15)10(2)11-6-12(16)8-13(17)7-11/h6-8,10H,3-5,9H2,1-2H3,(H,19,20). The van der Waals surface area contributed by atoms with Crippen molar-refractivity contribution in [1.82, 2.24) is 4.90 Å². The predicted octanol–water partition coefficient (Wildman–Crippen LogP) is 3.21. The van der Waals surface area contributed by atoms with Crippen molar-refractivity contribution >= 4 is 5.97 Å². The van der Waals surface area contributed by atoms with E-state index >= 15 is 0 Å². The summed E-state index contributed by atoms with van der Waals surface area (Å²) >= 11 is 0. The molecule has 1 aromatic carbocycles. The summed E-state index contributed by atoms with van der Waals surface area (Å²) in [5, 5.41) is 9.38. The van der Waals surface area contributed by atoms with E-state index in [-0.39, 0.29) is 6.04 Å². The Hall–Kier alpha value is -1.49. The third kappa shape index (κ3) is 2.68. The zero-order chi connectivity index (χ0) is 14.9. The lowest BCUT2D eigenvalue weighted by Gasteiger charge is -2.27. The first kappa shape index (κ1) is 14.9. The minimum Gasteiger partial charge on any atom is -0.481 e. The summed E-state index contributed by atoms with van der Waals surface area (Å²) in [5.74, 6) is -2.00. The molecule has 1 aliphatic rings. The molecule has 0 saturated carbocycles. The van der Waals surface area contributed by atoms with Crippen LogP contribution in [0.25, 0.3) is 0 Å². The number of carboxylic acid groups (broad SMARTS) is 1. The van der Waals surface area contributed by atoms with Gasteiger partial charge in [-0.25, -0.2) is 8.78 Å². The summed E-state index contributed by atoms with van der Waals surface area (Å²) in [6, 6.07) is 3.25. The second kappa shape index (κ2) is 5.48. The number of carbonyl (C=O) groups is 1. The van der Waals surface area contributed by atoms with Crippen LogP contribution in [0.1, 0.15) is 38.3 Å². The van der Waals surface area contributed by atoms with Crippen LogP contribution in [0.3, 0.4) is 0 Å². The molecule has 1 heterocycles. The fraction of sp³-hybridized carbons (Fsp3) is 0.533. The van der Waals surface area contributed by atoms with Crippen LogP contribution in [-0.4, -0.2) is 29.1 Å². The van der Waals surface area contributed by atoms with E-state index in [0.29, 0.717) is 31.5 Å². The van der Waals surface area contributed by atoms with Crippen LogP contribution >= 0.6 is 0 Å². The number of nitrogens with zero attached hydrogens (tertiary/aromatic N) is 1. The molecule has 0 aromatic heterocycles. The quantitative estimate of drug-likeness (QED) is 0.922. The Morgan fingerprint density at radius 3 is 2.45 bits per heavy atom. The van der Waals surface area contributed by atoms with Crippen molar-refractivity contribution in [2.24, 2.45) is 5.41 Å². The predicted molar refractivity (Wildman–Crippen MR) is 71.3 cm³/mol. The number of hydrogen-bond acceptors (Lipinski definition) is 2. The SMILES string of the molecule is CCC1(C(=O)O)CCN(C(C)c2cc(F)cc(F)c2)C1. The number of benzene rings is 1. The van der Waals surface area contributed by atoms with Crippen molar-refractivity contribution in [2.75, 3.05) is 13.1 Å². The molecular weight excluding hydrogens is 264 g/mol. The number of carboxylic acids is 1. The molecule has 2 unspecified atom stereocenters. The third-order valence-corrected chi connectivity index (χ3v) is 4.43. The Bertz CT molecular complexity index is 500. The molecule has 1 aromatic rings. The smallest absolute Gasteiger partial charge is 0.310 e. The van der Waals surface area contributed by atoms with Crippen molar-refractivity contribution in [3.8, 4) is 0 Å². The molecule has 5 heteroatoms. The zero-order valence-corrected chi connectivity index (χ0v) is 11.7. The van der Waals surface area contributed by atoms with E-state index in [9.17, 15) is 18.7 Å². The molecule has 0 aliphatic carbocycles. The van der Waals surface area contributed by atoms with Gasteiger partial charge in [0.05, 0.1) is 5.41 Å². The Balaban J connectivity index is 2.19. The number of halogens is 2. The monoisotopic (exact) mass is 283 g/mol. The number of likely N-dealkylation sites (tertiary alicyclic amines) is 1.